The van der Waals surface area contributed by atoms with Crippen molar-refractivity contribution in [3.8, 4) is 0 Å². The Balaban J connectivity index is 0.00000240. The molecule has 1 spiro atoms. The standard InChI is InChI=1S/C22H21Cl2NO3.H2S/c23-18-3-4-19(24)17(10-18)12-25-8-7-22(21(25)28)6-5-14-1-2-15(20(27)13-26)9-16(14)11-22;/h1-4,9-10,26H,5-8,11-13H2;1H2/t22-;/m1./s1. The molecule has 4 nitrogen and oxygen atoms in total. The number of aliphatic hydroxyl groups is 1. The highest BCUT2D eigenvalue weighted by Gasteiger charge is 2.48. The quantitative estimate of drug-likeness (QED) is 0.708. The second-order valence-electron chi connectivity index (χ2n) is 7.73. The van der Waals surface area contributed by atoms with Crippen molar-refractivity contribution in [1.82, 2.24) is 4.90 Å². The van der Waals surface area contributed by atoms with Gasteiger partial charge in [0.2, 0.25) is 5.91 Å². The van der Waals surface area contributed by atoms with Gasteiger partial charge in [-0.15, -0.1) is 0 Å². The number of halogens is 2. The van der Waals surface area contributed by atoms with Crippen LogP contribution < -0.4 is 0 Å². The Morgan fingerprint density at radius 1 is 1.10 bits per heavy atom. The van der Waals surface area contributed by atoms with Crippen LogP contribution in [0.25, 0.3) is 0 Å². The van der Waals surface area contributed by atoms with Crippen LogP contribution in [0.4, 0.5) is 0 Å². The van der Waals surface area contributed by atoms with E-state index in [-0.39, 0.29) is 25.2 Å². The van der Waals surface area contributed by atoms with Gasteiger partial charge in [0.25, 0.3) is 0 Å². The fourth-order valence-electron chi connectivity index (χ4n) is 4.44. The van der Waals surface area contributed by atoms with E-state index in [1.165, 1.54) is 5.56 Å². The van der Waals surface area contributed by atoms with Gasteiger partial charge in [-0.25, -0.2) is 0 Å². The molecule has 4 rings (SSSR count). The van der Waals surface area contributed by atoms with E-state index < -0.39 is 12.0 Å². The Labute approximate surface area is 187 Å². The van der Waals surface area contributed by atoms with Gasteiger partial charge in [0.15, 0.2) is 5.78 Å². The largest absolute Gasteiger partial charge is 0.388 e. The highest BCUT2D eigenvalue weighted by molar-refractivity contribution is 7.59. The molecule has 29 heavy (non-hydrogen) atoms. The highest BCUT2D eigenvalue weighted by Crippen LogP contribution is 2.44. The maximum atomic E-state index is 13.3. The summed E-state index contributed by atoms with van der Waals surface area (Å²) < 4.78 is 0. The molecule has 0 unspecified atom stereocenters. The summed E-state index contributed by atoms with van der Waals surface area (Å²) in [7, 11) is 0. The minimum absolute atomic E-state index is 0. The average molecular weight is 452 g/mol. The first-order valence-corrected chi connectivity index (χ1v) is 10.2. The van der Waals surface area contributed by atoms with Gasteiger partial charge in [-0.3, -0.25) is 9.59 Å². The Morgan fingerprint density at radius 3 is 2.66 bits per heavy atom. The number of likely N-dealkylation sites (tertiary alicyclic amines) is 1. The predicted octanol–water partition coefficient (Wildman–Crippen LogP) is 4.19. The van der Waals surface area contributed by atoms with Crippen LogP contribution in [-0.4, -0.2) is 34.8 Å². The molecule has 1 aliphatic heterocycles. The number of fused-ring (bicyclic) bond motifs is 1. The minimum Gasteiger partial charge on any atom is -0.388 e. The number of carbonyl (C=O) groups is 2. The topological polar surface area (TPSA) is 57.6 Å². The van der Waals surface area contributed by atoms with E-state index in [0.717, 1.165) is 30.4 Å². The fourth-order valence-corrected chi connectivity index (χ4v) is 4.81. The molecule has 1 N–H and O–H groups in total. The Kier molecular flexibility index (Phi) is 6.64. The zero-order chi connectivity index (χ0) is 19.9. The molecule has 1 fully saturated rings. The smallest absolute Gasteiger partial charge is 0.229 e. The van der Waals surface area contributed by atoms with Crippen LogP contribution in [0.15, 0.2) is 36.4 Å². The maximum absolute atomic E-state index is 13.3. The third-order valence-corrected chi connectivity index (χ3v) is 6.65. The van der Waals surface area contributed by atoms with E-state index >= 15 is 0 Å². The number of rotatable bonds is 4. The Morgan fingerprint density at radius 2 is 1.90 bits per heavy atom. The first-order valence-electron chi connectivity index (χ1n) is 9.41. The molecule has 154 valence electrons. The van der Waals surface area contributed by atoms with E-state index in [1.807, 2.05) is 23.1 Å². The minimum atomic E-state index is -0.503. The van der Waals surface area contributed by atoms with Gasteiger partial charge in [-0.05, 0) is 66.6 Å². The summed E-state index contributed by atoms with van der Waals surface area (Å²) in [5, 5.41) is 10.3. The molecule has 0 saturated carbocycles. The Hall–Kier alpha value is -1.53. The van der Waals surface area contributed by atoms with Crippen molar-refractivity contribution in [2.24, 2.45) is 5.41 Å². The molecule has 1 atom stereocenters. The van der Waals surface area contributed by atoms with E-state index in [1.54, 1.807) is 18.2 Å². The number of amides is 1. The summed E-state index contributed by atoms with van der Waals surface area (Å²) in [5.74, 6) is -0.148. The van der Waals surface area contributed by atoms with Gasteiger partial charge in [0, 0.05) is 28.7 Å². The first-order chi connectivity index (χ1) is 13.4. The van der Waals surface area contributed by atoms with Gasteiger partial charge in [-0.2, -0.15) is 13.5 Å². The summed E-state index contributed by atoms with van der Waals surface area (Å²) in [5.41, 5.74) is 3.17. The average Bonchev–Trinajstić information content (AvgIpc) is 2.99. The predicted molar refractivity (Wildman–Crippen MR) is 119 cm³/mol. The van der Waals surface area contributed by atoms with Gasteiger partial charge in [-0.1, -0.05) is 35.3 Å². The van der Waals surface area contributed by atoms with Crippen LogP contribution in [0.3, 0.4) is 0 Å². The van der Waals surface area contributed by atoms with Crippen molar-refractivity contribution < 1.29 is 14.7 Å². The SMILES string of the molecule is O=C(CO)c1ccc2c(c1)C[C@@]1(CC2)CCN(Cc2cc(Cl)ccc2Cl)C1=O.S. The van der Waals surface area contributed by atoms with Gasteiger partial charge in [0.05, 0.1) is 5.41 Å². The lowest BCUT2D eigenvalue weighted by molar-refractivity contribution is -0.137. The number of carbonyl (C=O) groups excluding carboxylic acids is 2. The second-order valence-corrected chi connectivity index (χ2v) is 8.58. The molecular weight excluding hydrogens is 429 g/mol. The summed E-state index contributed by atoms with van der Waals surface area (Å²) in [6.07, 6.45) is 3.06. The first kappa shape index (κ1) is 22.2. The normalized spacial score (nSPS) is 20.5. The molecule has 7 heteroatoms. The van der Waals surface area contributed by atoms with E-state index in [2.05, 4.69) is 0 Å². The van der Waals surface area contributed by atoms with E-state index in [0.29, 0.717) is 35.1 Å². The van der Waals surface area contributed by atoms with Crippen LogP contribution in [0.2, 0.25) is 10.0 Å². The fraction of sp³-hybridized carbons (Fsp3) is 0.364. The number of hydrogen-bond donors (Lipinski definition) is 1. The number of nitrogens with zero attached hydrogens (tertiary/aromatic N) is 1. The van der Waals surface area contributed by atoms with Crippen LogP contribution in [-0.2, 0) is 24.2 Å². The van der Waals surface area contributed by atoms with E-state index in [4.69, 9.17) is 28.3 Å². The number of Topliss-reactive ketones (excluding diaryl/α,β-unsaturated/α-hetero) is 1. The van der Waals surface area contributed by atoms with Crippen molar-refractivity contribution in [3.05, 3.63) is 68.7 Å². The van der Waals surface area contributed by atoms with Crippen LogP contribution in [0, 0.1) is 5.41 Å². The summed E-state index contributed by atoms with van der Waals surface area (Å²) in [4.78, 5) is 27.0. The van der Waals surface area contributed by atoms with Crippen molar-refractivity contribution >= 4 is 48.4 Å². The molecule has 0 bridgehead atoms. The van der Waals surface area contributed by atoms with Crippen LogP contribution >= 0.6 is 36.7 Å². The molecule has 1 saturated heterocycles. The lowest BCUT2D eigenvalue weighted by Gasteiger charge is -2.33. The number of hydrogen-bond acceptors (Lipinski definition) is 3. The summed E-state index contributed by atoms with van der Waals surface area (Å²) in [6, 6.07) is 10.9. The summed E-state index contributed by atoms with van der Waals surface area (Å²) in [6.45, 7) is 0.638. The summed E-state index contributed by atoms with van der Waals surface area (Å²) >= 11 is 12.4. The van der Waals surface area contributed by atoms with Crippen LogP contribution in [0.5, 0.6) is 0 Å². The monoisotopic (exact) mass is 451 g/mol. The number of aliphatic hydroxyl groups excluding tert-OH is 1. The molecule has 0 aromatic heterocycles. The van der Waals surface area contributed by atoms with Gasteiger partial charge >= 0.3 is 0 Å². The molecular formula is C22H23Cl2NO3S. The van der Waals surface area contributed by atoms with Crippen molar-refractivity contribution in [3.63, 3.8) is 0 Å². The highest BCUT2D eigenvalue weighted by atomic mass is 35.5. The molecule has 2 aliphatic rings. The third-order valence-electron chi connectivity index (χ3n) is 6.04. The van der Waals surface area contributed by atoms with Crippen molar-refractivity contribution in [2.75, 3.05) is 13.2 Å². The lowest BCUT2D eigenvalue weighted by atomic mass is 9.70. The Bertz CT molecular complexity index is 965. The lowest BCUT2D eigenvalue weighted by Crippen LogP contribution is -2.38. The maximum Gasteiger partial charge on any atom is 0.229 e. The zero-order valence-corrected chi connectivity index (χ0v) is 18.4. The third kappa shape index (κ3) is 4.19. The molecule has 0 radical (unpaired) electrons. The molecule has 1 aliphatic carbocycles. The molecule has 1 amide bonds. The molecule has 2 aromatic carbocycles. The molecule has 1 heterocycles. The number of ketones is 1. The van der Waals surface area contributed by atoms with E-state index in [9.17, 15) is 9.59 Å². The van der Waals surface area contributed by atoms with Crippen LogP contribution in [0.1, 0.15) is 39.9 Å². The number of aryl methyl sites for hydroxylation is 1. The zero-order valence-electron chi connectivity index (χ0n) is 15.9. The van der Waals surface area contributed by atoms with Gasteiger partial charge < -0.3 is 10.0 Å². The number of benzene rings is 2. The van der Waals surface area contributed by atoms with Crippen molar-refractivity contribution in [2.45, 2.75) is 32.2 Å². The second kappa shape index (κ2) is 8.68. The van der Waals surface area contributed by atoms with Crippen molar-refractivity contribution in [1.29, 1.82) is 0 Å². The van der Waals surface area contributed by atoms with Gasteiger partial charge in [0.1, 0.15) is 6.61 Å². The molecule has 2 aromatic rings.